The Bertz CT molecular complexity index is 989. The fraction of sp³-hybridized carbons (Fsp3) is 0.435. The quantitative estimate of drug-likeness (QED) is 0.574. The second-order valence-corrected chi connectivity index (χ2v) is 8.17. The van der Waals surface area contributed by atoms with Crippen LogP contribution in [-0.2, 0) is 11.0 Å². The summed E-state index contributed by atoms with van der Waals surface area (Å²) in [5.41, 5.74) is -0.0882. The molecule has 1 aliphatic heterocycles. The topological polar surface area (TPSA) is 68.2 Å². The van der Waals surface area contributed by atoms with Crippen molar-refractivity contribution in [3.63, 3.8) is 0 Å². The van der Waals surface area contributed by atoms with Crippen molar-refractivity contribution in [2.24, 2.45) is 5.92 Å². The molecule has 0 aromatic heterocycles. The largest absolute Gasteiger partial charge is 0.493 e. The van der Waals surface area contributed by atoms with Crippen molar-refractivity contribution in [2.75, 3.05) is 34.4 Å². The van der Waals surface area contributed by atoms with Crippen molar-refractivity contribution in [2.45, 2.75) is 25.1 Å². The molecule has 0 spiro atoms. The van der Waals surface area contributed by atoms with E-state index in [1.807, 2.05) is 4.90 Å². The number of carboxylic acids is 1. The van der Waals surface area contributed by atoms with Gasteiger partial charge in [0.1, 0.15) is 0 Å². The molecule has 2 unspecified atom stereocenters. The first-order valence-electron chi connectivity index (χ1n) is 10.2. The molecular weight excluding hydrogens is 463 g/mol. The summed E-state index contributed by atoms with van der Waals surface area (Å²) in [6.07, 6.45) is -3.50. The molecule has 3 rings (SSSR count). The molecule has 2 atom stereocenters. The van der Waals surface area contributed by atoms with Crippen LogP contribution in [0.25, 0.3) is 0 Å². The van der Waals surface area contributed by atoms with Gasteiger partial charge in [-0.05, 0) is 60.8 Å². The molecule has 6 nitrogen and oxygen atoms in total. The summed E-state index contributed by atoms with van der Waals surface area (Å²) in [5, 5.41) is 9.70. The average molecular weight is 488 g/mol. The zero-order chi connectivity index (χ0) is 24.3. The summed E-state index contributed by atoms with van der Waals surface area (Å²) < 4.78 is 56.8. The number of ether oxygens (including phenoxy) is 3. The van der Waals surface area contributed by atoms with Gasteiger partial charge in [-0.15, -0.1) is 0 Å². The van der Waals surface area contributed by atoms with Crippen LogP contribution in [-0.4, -0.2) is 50.4 Å². The molecule has 0 bridgehead atoms. The maximum atomic E-state index is 13.5. The van der Waals surface area contributed by atoms with E-state index in [2.05, 4.69) is 0 Å². The Morgan fingerprint density at radius 3 is 2.27 bits per heavy atom. The molecule has 1 saturated heterocycles. The van der Waals surface area contributed by atoms with Crippen LogP contribution in [0, 0.1) is 5.92 Å². The number of likely N-dealkylation sites (tertiary alicyclic amines) is 1. The number of alkyl halides is 3. The summed E-state index contributed by atoms with van der Waals surface area (Å²) in [4.78, 5) is 13.5. The summed E-state index contributed by atoms with van der Waals surface area (Å²) in [6.45, 7) is 0.640. The fourth-order valence-electron chi connectivity index (χ4n) is 4.22. The molecule has 0 aliphatic carbocycles. The minimum absolute atomic E-state index is 0.138. The lowest BCUT2D eigenvalue weighted by Crippen LogP contribution is -2.41. The second-order valence-electron chi connectivity index (χ2n) is 7.77. The van der Waals surface area contributed by atoms with Crippen molar-refractivity contribution in [3.05, 3.63) is 52.0 Å². The van der Waals surface area contributed by atoms with E-state index in [0.717, 1.165) is 12.1 Å². The Morgan fingerprint density at radius 1 is 1.12 bits per heavy atom. The number of nitrogens with zero attached hydrogens (tertiary/aromatic N) is 1. The molecule has 1 N–H and O–H groups in total. The molecule has 2 aromatic carbocycles. The van der Waals surface area contributed by atoms with Crippen LogP contribution in [0.2, 0.25) is 5.02 Å². The first kappa shape index (κ1) is 25.0. The zero-order valence-electron chi connectivity index (χ0n) is 18.4. The highest BCUT2D eigenvalue weighted by Crippen LogP contribution is 2.45. The van der Waals surface area contributed by atoms with E-state index in [9.17, 15) is 23.1 Å². The Kier molecular flexibility index (Phi) is 7.64. The molecule has 0 saturated carbocycles. The van der Waals surface area contributed by atoms with Gasteiger partial charge in [-0.1, -0.05) is 11.6 Å². The van der Waals surface area contributed by atoms with E-state index in [1.54, 1.807) is 12.1 Å². The lowest BCUT2D eigenvalue weighted by Gasteiger charge is -2.38. The van der Waals surface area contributed by atoms with Crippen molar-refractivity contribution in [1.82, 2.24) is 4.90 Å². The van der Waals surface area contributed by atoms with E-state index in [-0.39, 0.29) is 17.1 Å². The van der Waals surface area contributed by atoms with Crippen LogP contribution in [0.1, 0.15) is 35.6 Å². The van der Waals surface area contributed by atoms with Crippen LogP contribution in [0.4, 0.5) is 13.2 Å². The number of rotatable bonds is 7. The molecule has 1 heterocycles. The number of carbonyl (C=O) groups is 1. The summed E-state index contributed by atoms with van der Waals surface area (Å²) in [5.74, 6) is -0.607. The summed E-state index contributed by atoms with van der Waals surface area (Å²) in [7, 11) is 4.33. The molecule has 33 heavy (non-hydrogen) atoms. The lowest BCUT2D eigenvalue weighted by molar-refractivity contribution is -0.143. The Labute approximate surface area is 194 Å². The molecular formula is C23H25ClF3NO5. The predicted molar refractivity (Wildman–Crippen MR) is 116 cm³/mol. The van der Waals surface area contributed by atoms with E-state index in [0.29, 0.717) is 42.2 Å². The van der Waals surface area contributed by atoms with Crippen LogP contribution in [0.15, 0.2) is 30.3 Å². The Hall–Kier alpha value is -2.65. The highest BCUT2D eigenvalue weighted by Gasteiger charge is 2.36. The fourth-order valence-corrected chi connectivity index (χ4v) is 4.44. The van der Waals surface area contributed by atoms with E-state index < -0.39 is 29.7 Å². The lowest BCUT2D eigenvalue weighted by atomic mass is 9.90. The third kappa shape index (κ3) is 5.30. The Morgan fingerprint density at radius 2 is 1.76 bits per heavy atom. The van der Waals surface area contributed by atoms with Crippen molar-refractivity contribution < 1.29 is 37.3 Å². The number of methoxy groups -OCH3 is 3. The number of benzene rings is 2. The number of halogens is 4. The minimum Gasteiger partial charge on any atom is -0.493 e. The highest BCUT2D eigenvalue weighted by molar-refractivity contribution is 6.31. The van der Waals surface area contributed by atoms with Crippen LogP contribution in [0.3, 0.4) is 0 Å². The van der Waals surface area contributed by atoms with Crippen molar-refractivity contribution >= 4 is 17.6 Å². The number of carboxylic acid groups (broad SMARTS) is 1. The molecule has 2 aromatic rings. The predicted octanol–water partition coefficient (Wildman–Crippen LogP) is 5.27. The number of hydrogen-bond acceptors (Lipinski definition) is 5. The Balaban J connectivity index is 2.22. The second kappa shape index (κ2) is 10.1. The van der Waals surface area contributed by atoms with Gasteiger partial charge < -0.3 is 19.3 Å². The van der Waals surface area contributed by atoms with Crippen molar-refractivity contribution in [3.8, 4) is 17.2 Å². The first-order chi connectivity index (χ1) is 15.6. The van der Waals surface area contributed by atoms with Gasteiger partial charge in [0.15, 0.2) is 11.5 Å². The van der Waals surface area contributed by atoms with Gasteiger partial charge in [0.25, 0.3) is 0 Å². The molecule has 0 radical (unpaired) electrons. The van der Waals surface area contributed by atoms with Crippen LogP contribution < -0.4 is 14.2 Å². The number of piperidine rings is 1. The molecule has 1 aliphatic rings. The standard InChI is InChI=1S/C23H25ClF3NO5/c1-31-18-9-14(10-19(32-2)21(18)33-3)20(28-8-4-5-13(12-28)22(29)30)16-11-15(23(25,26)27)6-7-17(16)24/h6-7,9-11,13,20H,4-5,8,12H2,1-3H3,(H,29,30). The van der Waals surface area contributed by atoms with Gasteiger partial charge in [0.05, 0.1) is 38.9 Å². The monoisotopic (exact) mass is 487 g/mol. The van der Waals surface area contributed by atoms with Crippen LogP contribution >= 0.6 is 11.6 Å². The SMILES string of the molecule is COc1cc(C(c2cc(C(F)(F)F)ccc2Cl)N2CCCC(C(=O)O)C2)cc(OC)c1OC. The maximum Gasteiger partial charge on any atom is 0.416 e. The van der Waals surface area contributed by atoms with Gasteiger partial charge in [0.2, 0.25) is 5.75 Å². The van der Waals surface area contributed by atoms with Gasteiger partial charge >= 0.3 is 12.1 Å². The van der Waals surface area contributed by atoms with Crippen LogP contribution in [0.5, 0.6) is 17.2 Å². The maximum absolute atomic E-state index is 13.5. The number of hydrogen-bond donors (Lipinski definition) is 1. The molecule has 180 valence electrons. The van der Waals surface area contributed by atoms with Gasteiger partial charge in [-0.25, -0.2) is 0 Å². The highest BCUT2D eigenvalue weighted by atomic mass is 35.5. The van der Waals surface area contributed by atoms with Gasteiger partial charge in [-0.2, -0.15) is 13.2 Å². The molecule has 10 heteroatoms. The summed E-state index contributed by atoms with van der Waals surface area (Å²) in [6, 6.07) is 5.67. The zero-order valence-corrected chi connectivity index (χ0v) is 19.2. The van der Waals surface area contributed by atoms with E-state index >= 15 is 0 Å². The first-order valence-corrected chi connectivity index (χ1v) is 10.6. The minimum atomic E-state index is -4.56. The molecule has 0 amide bonds. The summed E-state index contributed by atoms with van der Waals surface area (Å²) >= 11 is 6.42. The normalized spacial score (nSPS) is 18.0. The number of aliphatic carboxylic acids is 1. The average Bonchev–Trinajstić information content (AvgIpc) is 2.79. The van der Waals surface area contributed by atoms with Gasteiger partial charge in [-0.3, -0.25) is 9.69 Å². The third-order valence-corrected chi connectivity index (χ3v) is 6.13. The van der Waals surface area contributed by atoms with E-state index in [4.69, 9.17) is 25.8 Å². The van der Waals surface area contributed by atoms with Crippen molar-refractivity contribution in [1.29, 1.82) is 0 Å². The molecule has 1 fully saturated rings. The smallest absolute Gasteiger partial charge is 0.416 e. The third-order valence-electron chi connectivity index (χ3n) is 5.79. The van der Waals surface area contributed by atoms with Gasteiger partial charge in [0, 0.05) is 11.6 Å². The van der Waals surface area contributed by atoms with E-state index in [1.165, 1.54) is 27.4 Å².